The van der Waals surface area contributed by atoms with Gasteiger partial charge in [-0.15, -0.1) is 5.10 Å². The molecule has 0 spiro atoms. The fourth-order valence-electron chi connectivity index (χ4n) is 3.09. The molecule has 1 fully saturated rings. The van der Waals surface area contributed by atoms with E-state index < -0.39 is 0 Å². The third-order valence-corrected chi connectivity index (χ3v) is 5.31. The van der Waals surface area contributed by atoms with Crippen molar-refractivity contribution < 1.29 is 9.53 Å². The molecule has 1 aliphatic carbocycles. The second kappa shape index (κ2) is 8.84. The summed E-state index contributed by atoms with van der Waals surface area (Å²) in [5.74, 6) is 1.15. The first-order chi connectivity index (χ1) is 12.3. The minimum Gasteiger partial charge on any atom is -0.496 e. The van der Waals surface area contributed by atoms with Crippen LogP contribution in [0.2, 0.25) is 0 Å². The molecular formula is C17H23N5O2S. The SMILES string of the molecule is COc1ccccc1CCNC(=O)CSc1nnnn1C1CCCC1. The number of nitrogens with one attached hydrogen (secondary N) is 1. The summed E-state index contributed by atoms with van der Waals surface area (Å²) in [5.41, 5.74) is 1.09. The van der Waals surface area contributed by atoms with Crippen molar-refractivity contribution in [3.63, 3.8) is 0 Å². The van der Waals surface area contributed by atoms with Crippen molar-refractivity contribution in [2.45, 2.75) is 43.3 Å². The number of ether oxygens (including phenoxy) is 1. The van der Waals surface area contributed by atoms with Crippen LogP contribution < -0.4 is 10.1 Å². The Bertz CT molecular complexity index is 700. The van der Waals surface area contributed by atoms with Gasteiger partial charge in [-0.2, -0.15) is 0 Å². The van der Waals surface area contributed by atoms with Gasteiger partial charge in [0.05, 0.1) is 18.9 Å². The van der Waals surface area contributed by atoms with Crippen LogP contribution in [0, 0.1) is 0 Å². The third kappa shape index (κ3) is 4.72. The van der Waals surface area contributed by atoms with Gasteiger partial charge in [0.15, 0.2) is 0 Å². The number of carbonyl (C=O) groups is 1. The minimum atomic E-state index is -0.0131. The largest absolute Gasteiger partial charge is 0.496 e. The number of amides is 1. The Hall–Kier alpha value is -2.09. The molecular weight excluding hydrogens is 338 g/mol. The lowest BCUT2D eigenvalue weighted by atomic mass is 10.1. The maximum Gasteiger partial charge on any atom is 0.230 e. The highest BCUT2D eigenvalue weighted by atomic mass is 32.2. The molecule has 0 radical (unpaired) electrons. The Morgan fingerprint density at radius 1 is 1.36 bits per heavy atom. The zero-order valence-corrected chi connectivity index (χ0v) is 15.2. The Kier molecular flexibility index (Phi) is 6.27. The van der Waals surface area contributed by atoms with Crippen LogP contribution in [0.15, 0.2) is 29.4 Å². The average Bonchev–Trinajstić information content (AvgIpc) is 3.31. The topological polar surface area (TPSA) is 81.9 Å². The number of nitrogens with zero attached hydrogens (tertiary/aromatic N) is 4. The lowest BCUT2D eigenvalue weighted by molar-refractivity contribution is -0.118. The van der Waals surface area contributed by atoms with Crippen LogP contribution in [0.5, 0.6) is 5.75 Å². The summed E-state index contributed by atoms with van der Waals surface area (Å²) in [6.07, 6.45) is 5.41. The number of para-hydroxylation sites is 1. The van der Waals surface area contributed by atoms with Gasteiger partial charge in [-0.05, 0) is 41.3 Å². The molecule has 134 valence electrons. The third-order valence-electron chi connectivity index (χ3n) is 4.37. The van der Waals surface area contributed by atoms with Crippen LogP contribution in [-0.4, -0.2) is 45.5 Å². The van der Waals surface area contributed by atoms with Gasteiger partial charge in [-0.1, -0.05) is 42.8 Å². The van der Waals surface area contributed by atoms with E-state index in [9.17, 15) is 4.79 Å². The first-order valence-electron chi connectivity index (χ1n) is 8.57. The zero-order valence-electron chi connectivity index (χ0n) is 14.4. The van der Waals surface area contributed by atoms with Crippen LogP contribution in [0.4, 0.5) is 0 Å². The van der Waals surface area contributed by atoms with Crippen molar-refractivity contribution in [1.29, 1.82) is 0 Å². The molecule has 3 rings (SSSR count). The monoisotopic (exact) mass is 361 g/mol. The Balaban J connectivity index is 1.43. The Labute approximate surface area is 151 Å². The molecule has 1 aliphatic rings. The van der Waals surface area contributed by atoms with E-state index in [2.05, 4.69) is 20.8 Å². The molecule has 1 aromatic carbocycles. The highest BCUT2D eigenvalue weighted by molar-refractivity contribution is 7.99. The Morgan fingerprint density at radius 3 is 2.96 bits per heavy atom. The molecule has 1 amide bonds. The molecule has 0 bridgehead atoms. The highest BCUT2D eigenvalue weighted by Gasteiger charge is 2.22. The van der Waals surface area contributed by atoms with Crippen LogP contribution in [-0.2, 0) is 11.2 Å². The number of thioether (sulfide) groups is 1. The number of benzene rings is 1. The van der Waals surface area contributed by atoms with Crippen molar-refractivity contribution in [2.75, 3.05) is 19.4 Å². The number of hydrogen-bond acceptors (Lipinski definition) is 6. The smallest absolute Gasteiger partial charge is 0.230 e. The summed E-state index contributed by atoms with van der Waals surface area (Å²) in [6.45, 7) is 0.577. The van der Waals surface area contributed by atoms with Crippen LogP contribution in [0.1, 0.15) is 37.3 Å². The van der Waals surface area contributed by atoms with E-state index in [0.29, 0.717) is 18.3 Å². The van der Waals surface area contributed by atoms with Crippen molar-refractivity contribution in [1.82, 2.24) is 25.5 Å². The van der Waals surface area contributed by atoms with Crippen molar-refractivity contribution in [2.24, 2.45) is 0 Å². The molecule has 0 unspecified atom stereocenters. The highest BCUT2D eigenvalue weighted by Crippen LogP contribution is 2.31. The molecule has 8 heteroatoms. The van der Waals surface area contributed by atoms with E-state index in [1.165, 1.54) is 24.6 Å². The van der Waals surface area contributed by atoms with Gasteiger partial charge >= 0.3 is 0 Å². The number of rotatable bonds is 8. The predicted octanol–water partition coefficient (Wildman–Crippen LogP) is 2.25. The first-order valence-corrected chi connectivity index (χ1v) is 9.55. The molecule has 1 N–H and O–H groups in total. The van der Waals surface area contributed by atoms with E-state index >= 15 is 0 Å². The van der Waals surface area contributed by atoms with Gasteiger partial charge < -0.3 is 10.1 Å². The zero-order chi connectivity index (χ0) is 17.5. The summed E-state index contributed by atoms with van der Waals surface area (Å²) in [7, 11) is 1.66. The number of tetrazole rings is 1. The maximum absolute atomic E-state index is 12.1. The van der Waals surface area contributed by atoms with Gasteiger partial charge in [0.25, 0.3) is 0 Å². The number of aromatic nitrogens is 4. The summed E-state index contributed by atoms with van der Waals surface area (Å²) >= 11 is 1.39. The molecule has 1 saturated carbocycles. The van der Waals surface area contributed by atoms with Crippen LogP contribution in [0.25, 0.3) is 0 Å². The van der Waals surface area contributed by atoms with Gasteiger partial charge in [0, 0.05) is 6.54 Å². The van der Waals surface area contributed by atoms with E-state index in [0.717, 1.165) is 35.7 Å². The van der Waals surface area contributed by atoms with E-state index in [1.807, 2.05) is 28.9 Å². The lowest BCUT2D eigenvalue weighted by Crippen LogP contribution is -2.27. The lowest BCUT2D eigenvalue weighted by Gasteiger charge is -2.11. The summed E-state index contributed by atoms with van der Waals surface area (Å²) in [4.78, 5) is 12.1. The van der Waals surface area contributed by atoms with Crippen molar-refractivity contribution >= 4 is 17.7 Å². The maximum atomic E-state index is 12.1. The molecule has 1 aromatic heterocycles. The molecule has 0 atom stereocenters. The quantitative estimate of drug-likeness (QED) is 0.726. The van der Waals surface area contributed by atoms with E-state index in [1.54, 1.807) is 7.11 Å². The molecule has 25 heavy (non-hydrogen) atoms. The molecule has 0 saturated heterocycles. The molecule has 7 nitrogen and oxygen atoms in total. The van der Waals surface area contributed by atoms with Crippen LogP contribution >= 0.6 is 11.8 Å². The van der Waals surface area contributed by atoms with Gasteiger partial charge in [-0.3, -0.25) is 4.79 Å². The second-order valence-electron chi connectivity index (χ2n) is 6.04. The average molecular weight is 361 g/mol. The summed E-state index contributed by atoms with van der Waals surface area (Å²) in [5, 5.41) is 15.6. The van der Waals surface area contributed by atoms with Gasteiger partial charge in [0.1, 0.15) is 5.75 Å². The first kappa shape index (κ1) is 17.7. The van der Waals surface area contributed by atoms with Crippen molar-refractivity contribution in [3.05, 3.63) is 29.8 Å². The fraction of sp³-hybridized carbons (Fsp3) is 0.529. The summed E-state index contributed by atoms with van der Waals surface area (Å²) in [6, 6.07) is 8.22. The fourth-order valence-corrected chi connectivity index (χ4v) is 3.86. The van der Waals surface area contributed by atoms with Crippen LogP contribution in [0.3, 0.4) is 0 Å². The number of methoxy groups -OCH3 is 1. The summed E-state index contributed by atoms with van der Waals surface area (Å²) < 4.78 is 7.19. The minimum absolute atomic E-state index is 0.0131. The molecule has 0 aliphatic heterocycles. The standard InChI is InChI=1S/C17H23N5O2S/c1-24-15-9-5-2-6-13(15)10-11-18-16(23)12-25-17-19-20-21-22(17)14-7-3-4-8-14/h2,5-6,9,14H,3-4,7-8,10-12H2,1H3,(H,18,23). The van der Waals surface area contributed by atoms with E-state index in [-0.39, 0.29) is 5.91 Å². The molecule has 1 heterocycles. The van der Waals surface area contributed by atoms with Gasteiger partial charge in [-0.25, -0.2) is 4.68 Å². The van der Waals surface area contributed by atoms with Gasteiger partial charge in [0.2, 0.25) is 11.1 Å². The molecule has 2 aromatic rings. The Morgan fingerprint density at radius 2 is 2.16 bits per heavy atom. The number of hydrogen-bond donors (Lipinski definition) is 1. The predicted molar refractivity (Wildman–Crippen MR) is 95.8 cm³/mol. The van der Waals surface area contributed by atoms with Crippen molar-refractivity contribution in [3.8, 4) is 5.75 Å². The second-order valence-corrected chi connectivity index (χ2v) is 6.99. The normalized spacial score (nSPS) is 14.6. The number of carbonyl (C=O) groups excluding carboxylic acids is 1. The van der Waals surface area contributed by atoms with E-state index in [4.69, 9.17) is 4.74 Å².